The number of aromatic amines is 1. The Morgan fingerprint density at radius 1 is 1.00 bits per heavy atom. The highest BCUT2D eigenvalue weighted by Crippen LogP contribution is 2.24. The predicted molar refractivity (Wildman–Crippen MR) is 127 cm³/mol. The van der Waals surface area contributed by atoms with E-state index in [4.69, 9.17) is 0 Å². The molecule has 33 heavy (non-hydrogen) atoms. The van der Waals surface area contributed by atoms with Gasteiger partial charge in [-0.15, -0.1) is 0 Å². The quantitative estimate of drug-likeness (QED) is 0.651. The Bertz CT molecular complexity index is 1110. The smallest absolute Gasteiger partial charge is 0.253 e. The van der Waals surface area contributed by atoms with Crippen LogP contribution in [-0.4, -0.2) is 75.8 Å². The first-order chi connectivity index (χ1) is 16.2. The molecule has 2 aliphatic rings. The number of carbonyl (C=O) groups is 2. The van der Waals surface area contributed by atoms with Crippen LogP contribution in [0.3, 0.4) is 0 Å². The summed E-state index contributed by atoms with van der Waals surface area (Å²) in [4.78, 5) is 43.7. The van der Waals surface area contributed by atoms with E-state index in [2.05, 4.69) is 19.9 Å². The van der Waals surface area contributed by atoms with Crippen LogP contribution in [0.25, 0.3) is 11.0 Å². The molecule has 0 bridgehead atoms. The molecule has 3 aromatic rings. The van der Waals surface area contributed by atoms with Crippen molar-refractivity contribution < 1.29 is 9.59 Å². The van der Waals surface area contributed by atoms with Gasteiger partial charge in [-0.1, -0.05) is 6.07 Å². The molecule has 0 aliphatic carbocycles. The van der Waals surface area contributed by atoms with Crippen molar-refractivity contribution in [3.8, 4) is 0 Å². The number of aromatic nitrogens is 3. The Balaban J connectivity index is 1.10. The molecule has 1 atom stereocenters. The van der Waals surface area contributed by atoms with E-state index < -0.39 is 0 Å². The van der Waals surface area contributed by atoms with Gasteiger partial charge in [0.2, 0.25) is 5.91 Å². The summed E-state index contributed by atoms with van der Waals surface area (Å²) in [6.45, 7) is 4.60. The van der Waals surface area contributed by atoms with Gasteiger partial charge in [-0.25, -0.2) is 9.97 Å². The summed E-state index contributed by atoms with van der Waals surface area (Å²) in [5.41, 5.74) is 2.43. The third-order valence-corrected chi connectivity index (χ3v) is 6.85. The largest absolute Gasteiger partial charge is 0.353 e. The summed E-state index contributed by atoms with van der Waals surface area (Å²) in [6.07, 6.45) is 6.90. The second kappa shape index (κ2) is 9.60. The molecule has 8 nitrogen and oxygen atoms in total. The third kappa shape index (κ3) is 4.84. The lowest BCUT2D eigenvalue weighted by Crippen LogP contribution is -2.49. The third-order valence-electron chi connectivity index (χ3n) is 6.85. The van der Waals surface area contributed by atoms with Gasteiger partial charge < -0.3 is 19.7 Å². The van der Waals surface area contributed by atoms with Gasteiger partial charge >= 0.3 is 0 Å². The standard InChI is InChI=1S/C25H30N6O2/c32-24(30-14-12-29(13-15-30)23-5-1-2-10-26-23)9-6-19-4-3-11-31(17-19)25(33)20-7-8-21-22(16-20)28-18-27-21/h1-2,5,7-8,10,16,18-19H,3-4,6,9,11-15,17H2,(H,27,28)/t19-/m1/s1. The lowest BCUT2D eigenvalue weighted by molar-refractivity contribution is -0.131. The van der Waals surface area contributed by atoms with Gasteiger partial charge in [0, 0.05) is 57.4 Å². The van der Waals surface area contributed by atoms with E-state index in [0.29, 0.717) is 17.9 Å². The number of amides is 2. The number of imidazole rings is 1. The van der Waals surface area contributed by atoms with Crippen LogP contribution in [0.5, 0.6) is 0 Å². The number of piperidine rings is 1. The van der Waals surface area contributed by atoms with Crippen LogP contribution >= 0.6 is 0 Å². The Labute approximate surface area is 193 Å². The number of hydrogen-bond donors (Lipinski definition) is 1. The van der Waals surface area contributed by atoms with Crippen LogP contribution in [0.4, 0.5) is 5.82 Å². The van der Waals surface area contributed by atoms with Crippen LogP contribution in [0.2, 0.25) is 0 Å². The van der Waals surface area contributed by atoms with Gasteiger partial charge in [-0.05, 0) is 55.5 Å². The molecule has 2 amide bonds. The predicted octanol–water partition coefficient (Wildman–Crippen LogP) is 2.94. The molecule has 0 radical (unpaired) electrons. The number of hydrogen-bond acceptors (Lipinski definition) is 5. The van der Waals surface area contributed by atoms with E-state index >= 15 is 0 Å². The molecule has 2 aromatic heterocycles. The van der Waals surface area contributed by atoms with E-state index in [0.717, 1.165) is 75.4 Å². The molecule has 2 saturated heterocycles. The Morgan fingerprint density at radius 3 is 2.70 bits per heavy atom. The lowest BCUT2D eigenvalue weighted by atomic mass is 9.92. The fourth-order valence-electron chi connectivity index (χ4n) is 4.95. The van der Waals surface area contributed by atoms with E-state index in [1.54, 1.807) is 12.5 Å². The molecule has 1 aromatic carbocycles. The first kappa shape index (κ1) is 21.4. The monoisotopic (exact) mass is 446 g/mol. The molecule has 0 spiro atoms. The summed E-state index contributed by atoms with van der Waals surface area (Å²) >= 11 is 0. The molecule has 8 heteroatoms. The van der Waals surface area contributed by atoms with E-state index in [-0.39, 0.29) is 11.8 Å². The lowest BCUT2D eigenvalue weighted by Gasteiger charge is -2.36. The minimum Gasteiger partial charge on any atom is -0.353 e. The zero-order chi connectivity index (χ0) is 22.6. The van der Waals surface area contributed by atoms with Crippen molar-refractivity contribution >= 4 is 28.7 Å². The molecular formula is C25H30N6O2. The van der Waals surface area contributed by atoms with Gasteiger partial charge in [0.15, 0.2) is 0 Å². The van der Waals surface area contributed by atoms with Crippen molar-refractivity contribution in [3.63, 3.8) is 0 Å². The van der Waals surface area contributed by atoms with Gasteiger partial charge in [-0.2, -0.15) is 0 Å². The number of fused-ring (bicyclic) bond motifs is 1. The minimum atomic E-state index is 0.0631. The number of anilines is 1. The second-order valence-electron chi connectivity index (χ2n) is 8.99. The van der Waals surface area contributed by atoms with Crippen LogP contribution in [0.1, 0.15) is 36.0 Å². The normalized spacial score (nSPS) is 19.2. The number of nitrogens with zero attached hydrogens (tertiary/aromatic N) is 5. The summed E-state index contributed by atoms with van der Waals surface area (Å²) in [7, 11) is 0. The highest BCUT2D eigenvalue weighted by molar-refractivity contribution is 5.97. The van der Waals surface area contributed by atoms with Crippen molar-refractivity contribution in [1.82, 2.24) is 24.8 Å². The molecule has 0 unspecified atom stereocenters. The maximum absolute atomic E-state index is 13.1. The fraction of sp³-hybridized carbons (Fsp3) is 0.440. The van der Waals surface area contributed by atoms with Crippen LogP contribution in [0, 0.1) is 5.92 Å². The highest BCUT2D eigenvalue weighted by atomic mass is 16.2. The highest BCUT2D eigenvalue weighted by Gasteiger charge is 2.27. The van der Waals surface area contributed by atoms with Gasteiger partial charge in [-0.3, -0.25) is 9.59 Å². The minimum absolute atomic E-state index is 0.0631. The van der Waals surface area contributed by atoms with Crippen LogP contribution < -0.4 is 4.90 Å². The molecular weight excluding hydrogens is 416 g/mol. The zero-order valence-electron chi connectivity index (χ0n) is 18.8. The number of piperazine rings is 1. The Kier molecular flexibility index (Phi) is 6.24. The average molecular weight is 447 g/mol. The van der Waals surface area contributed by atoms with E-state index in [1.165, 1.54) is 0 Å². The summed E-state index contributed by atoms with van der Waals surface area (Å²) in [5.74, 6) is 1.64. The fourth-order valence-corrected chi connectivity index (χ4v) is 4.95. The van der Waals surface area contributed by atoms with Crippen LogP contribution in [-0.2, 0) is 4.79 Å². The number of likely N-dealkylation sites (tertiary alicyclic amines) is 1. The summed E-state index contributed by atoms with van der Waals surface area (Å²) in [5, 5.41) is 0. The number of H-pyrrole nitrogens is 1. The second-order valence-corrected chi connectivity index (χ2v) is 8.99. The summed E-state index contributed by atoms with van der Waals surface area (Å²) in [6, 6.07) is 11.5. The molecule has 2 fully saturated rings. The summed E-state index contributed by atoms with van der Waals surface area (Å²) < 4.78 is 0. The Morgan fingerprint density at radius 2 is 1.88 bits per heavy atom. The van der Waals surface area contributed by atoms with Crippen molar-refractivity contribution in [3.05, 3.63) is 54.5 Å². The SMILES string of the molecule is O=C(CC[C@H]1CCCN(C(=O)c2ccc3nc[nH]c3c2)C1)N1CCN(c2ccccn2)CC1. The van der Waals surface area contributed by atoms with Crippen molar-refractivity contribution in [2.45, 2.75) is 25.7 Å². The van der Waals surface area contributed by atoms with Crippen molar-refractivity contribution in [2.75, 3.05) is 44.2 Å². The van der Waals surface area contributed by atoms with Gasteiger partial charge in [0.25, 0.3) is 5.91 Å². The number of pyridine rings is 1. The maximum atomic E-state index is 13.1. The topological polar surface area (TPSA) is 85.4 Å². The molecule has 2 aliphatic heterocycles. The molecule has 1 N–H and O–H groups in total. The van der Waals surface area contributed by atoms with Crippen molar-refractivity contribution in [2.24, 2.45) is 5.92 Å². The zero-order valence-corrected chi connectivity index (χ0v) is 18.8. The molecule has 0 saturated carbocycles. The Hall–Kier alpha value is -3.42. The molecule has 172 valence electrons. The first-order valence-corrected chi connectivity index (χ1v) is 11.8. The van der Waals surface area contributed by atoms with E-state index in [1.807, 2.05) is 46.2 Å². The van der Waals surface area contributed by atoms with Crippen LogP contribution in [0.15, 0.2) is 48.9 Å². The number of rotatable bonds is 5. The van der Waals surface area contributed by atoms with Gasteiger partial charge in [0.1, 0.15) is 5.82 Å². The number of benzene rings is 1. The van der Waals surface area contributed by atoms with E-state index in [9.17, 15) is 9.59 Å². The number of nitrogens with one attached hydrogen (secondary N) is 1. The molecule has 5 rings (SSSR count). The number of carbonyl (C=O) groups excluding carboxylic acids is 2. The van der Waals surface area contributed by atoms with Crippen molar-refractivity contribution in [1.29, 1.82) is 0 Å². The molecule has 4 heterocycles. The average Bonchev–Trinajstić information content (AvgIpc) is 3.36. The first-order valence-electron chi connectivity index (χ1n) is 11.8. The van der Waals surface area contributed by atoms with Gasteiger partial charge in [0.05, 0.1) is 17.4 Å². The maximum Gasteiger partial charge on any atom is 0.253 e.